The Morgan fingerprint density at radius 2 is 1.89 bits per heavy atom. The van der Waals surface area contributed by atoms with Crippen molar-refractivity contribution in [1.29, 1.82) is 0 Å². The summed E-state index contributed by atoms with van der Waals surface area (Å²) in [6.45, 7) is 1.83. The number of hydrogen-bond donors (Lipinski definition) is 3. The summed E-state index contributed by atoms with van der Waals surface area (Å²) in [5.74, 6) is -1.02. The molecule has 1 aliphatic rings. The molecule has 0 saturated carbocycles. The normalized spacial score (nSPS) is 14.3. The first-order chi connectivity index (χ1) is 17.0. The third kappa shape index (κ3) is 5.14. The molecular formula is C25H22F3N5S2. The molecule has 10 heteroatoms. The minimum absolute atomic E-state index is 0.0320. The number of benzene rings is 2. The Labute approximate surface area is 209 Å². The standard InChI is InChI=1S/C25H22F3N5S2/c26-16-4-5-18(27)20(13-16)35-33-19-3-1-2-17(22(19)28)23-24(15-8-11-31-21(29)12-15)34-25(32-23)14-6-9-30-10-7-14/h1-5,8,11-14,30,33H,6-7,9-10H2,(H2,29,31). The highest BCUT2D eigenvalue weighted by Crippen LogP contribution is 2.43. The number of rotatable bonds is 6. The van der Waals surface area contributed by atoms with Crippen molar-refractivity contribution in [2.24, 2.45) is 0 Å². The topological polar surface area (TPSA) is 75.9 Å². The fraction of sp³-hybridized carbons (Fsp3) is 0.200. The first kappa shape index (κ1) is 23.7. The van der Waals surface area contributed by atoms with E-state index in [2.05, 4.69) is 15.0 Å². The van der Waals surface area contributed by atoms with Crippen LogP contribution < -0.4 is 15.8 Å². The monoisotopic (exact) mass is 513 g/mol. The van der Waals surface area contributed by atoms with Gasteiger partial charge in [-0.1, -0.05) is 6.07 Å². The van der Waals surface area contributed by atoms with Crippen molar-refractivity contribution in [2.75, 3.05) is 23.5 Å². The van der Waals surface area contributed by atoms with Gasteiger partial charge in [0.2, 0.25) is 0 Å². The lowest BCUT2D eigenvalue weighted by Crippen LogP contribution is -2.26. The lowest BCUT2D eigenvalue weighted by molar-refractivity contribution is 0.459. The summed E-state index contributed by atoms with van der Waals surface area (Å²) in [6.07, 6.45) is 3.55. The number of halogens is 3. The van der Waals surface area contributed by atoms with Gasteiger partial charge in [0.15, 0.2) is 5.82 Å². The lowest BCUT2D eigenvalue weighted by Gasteiger charge is -2.20. The van der Waals surface area contributed by atoms with Crippen molar-refractivity contribution in [2.45, 2.75) is 23.7 Å². The van der Waals surface area contributed by atoms with Gasteiger partial charge in [-0.3, -0.25) is 0 Å². The van der Waals surface area contributed by atoms with E-state index in [0.717, 1.165) is 71.5 Å². The van der Waals surface area contributed by atoms with Crippen LogP contribution in [0.3, 0.4) is 0 Å². The summed E-state index contributed by atoms with van der Waals surface area (Å²) in [7, 11) is 0. The van der Waals surface area contributed by atoms with E-state index in [-0.39, 0.29) is 10.6 Å². The average Bonchev–Trinajstić information content (AvgIpc) is 3.31. The Morgan fingerprint density at radius 1 is 1.06 bits per heavy atom. The Bertz CT molecular complexity index is 1350. The van der Waals surface area contributed by atoms with Gasteiger partial charge < -0.3 is 15.8 Å². The molecule has 0 radical (unpaired) electrons. The first-order valence-electron chi connectivity index (χ1n) is 11.1. The minimum Gasteiger partial charge on any atom is -0.384 e. The van der Waals surface area contributed by atoms with Crippen LogP contribution in [0.15, 0.2) is 59.6 Å². The quantitative estimate of drug-likeness (QED) is 0.257. The summed E-state index contributed by atoms with van der Waals surface area (Å²) in [5.41, 5.74) is 7.73. The highest BCUT2D eigenvalue weighted by atomic mass is 32.2. The van der Waals surface area contributed by atoms with E-state index < -0.39 is 17.5 Å². The molecule has 0 atom stereocenters. The number of piperidine rings is 1. The van der Waals surface area contributed by atoms with E-state index in [1.807, 2.05) is 6.07 Å². The molecule has 1 aliphatic heterocycles. The molecule has 3 heterocycles. The molecule has 0 spiro atoms. The van der Waals surface area contributed by atoms with Gasteiger partial charge in [0, 0.05) is 17.7 Å². The molecule has 4 N–H and O–H groups in total. The van der Waals surface area contributed by atoms with E-state index in [9.17, 15) is 8.78 Å². The smallest absolute Gasteiger partial charge is 0.156 e. The van der Waals surface area contributed by atoms with Crippen LogP contribution in [0.25, 0.3) is 21.7 Å². The number of nitrogens with zero attached hydrogens (tertiary/aromatic N) is 2. The second-order valence-corrected chi connectivity index (χ2v) is 10.0. The van der Waals surface area contributed by atoms with Gasteiger partial charge in [-0.25, -0.2) is 23.1 Å². The zero-order chi connectivity index (χ0) is 24.4. The third-order valence-electron chi connectivity index (χ3n) is 5.79. The number of hydrogen-bond acceptors (Lipinski definition) is 7. The number of aromatic nitrogens is 2. The van der Waals surface area contributed by atoms with Crippen LogP contribution in [0.4, 0.5) is 24.7 Å². The van der Waals surface area contributed by atoms with Gasteiger partial charge in [0.1, 0.15) is 17.5 Å². The Morgan fingerprint density at radius 3 is 2.69 bits per heavy atom. The van der Waals surface area contributed by atoms with Gasteiger partial charge in [-0.05, 0) is 85.9 Å². The largest absolute Gasteiger partial charge is 0.384 e. The van der Waals surface area contributed by atoms with E-state index in [1.165, 1.54) is 0 Å². The molecule has 2 aromatic carbocycles. The summed E-state index contributed by atoms with van der Waals surface area (Å²) < 4.78 is 46.1. The van der Waals surface area contributed by atoms with Crippen LogP contribution in [0.2, 0.25) is 0 Å². The lowest BCUT2D eigenvalue weighted by atomic mass is 9.99. The summed E-state index contributed by atoms with van der Waals surface area (Å²) in [4.78, 5) is 9.82. The van der Waals surface area contributed by atoms with E-state index in [1.54, 1.807) is 41.8 Å². The summed E-state index contributed by atoms with van der Waals surface area (Å²) >= 11 is 2.35. The van der Waals surface area contributed by atoms with Crippen molar-refractivity contribution >= 4 is 34.8 Å². The SMILES string of the molecule is Nc1cc(-c2sc(C3CCNCC3)nc2-c2cccc(NSc3cc(F)ccc3F)c2F)ccn1. The van der Waals surface area contributed by atoms with Gasteiger partial charge >= 0.3 is 0 Å². The van der Waals surface area contributed by atoms with E-state index in [4.69, 9.17) is 10.7 Å². The number of anilines is 2. The Kier molecular flexibility index (Phi) is 6.94. The number of nitrogens with one attached hydrogen (secondary N) is 2. The molecule has 180 valence electrons. The maximum absolute atomic E-state index is 15.7. The highest BCUT2D eigenvalue weighted by molar-refractivity contribution is 8.00. The molecule has 2 aromatic heterocycles. The number of nitrogen functional groups attached to an aromatic ring is 1. The molecule has 0 bridgehead atoms. The molecule has 0 aliphatic carbocycles. The fourth-order valence-corrected chi connectivity index (χ4v) is 5.97. The van der Waals surface area contributed by atoms with Crippen molar-refractivity contribution in [3.05, 3.63) is 77.2 Å². The average molecular weight is 514 g/mol. The molecule has 5 rings (SSSR count). The molecule has 4 aromatic rings. The summed E-state index contributed by atoms with van der Waals surface area (Å²) in [6, 6.07) is 11.7. The molecule has 0 unspecified atom stereocenters. The Hall–Kier alpha value is -3.08. The molecular weight excluding hydrogens is 491 g/mol. The van der Waals surface area contributed by atoms with Crippen LogP contribution in [0.5, 0.6) is 0 Å². The minimum atomic E-state index is -0.593. The van der Waals surface area contributed by atoms with Crippen LogP contribution in [0.1, 0.15) is 23.8 Å². The second kappa shape index (κ2) is 10.3. The van der Waals surface area contributed by atoms with Crippen LogP contribution in [-0.4, -0.2) is 23.1 Å². The van der Waals surface area contributed by atoms with E-state index in [0.29, 0.717) is 23.0 Å². The van der Waals surface area contributed by atoms with Crippen LogP contribution >= 0.6 is 23.3 Å². The maximum Gasteiger partial charge on any atom is 0.156 e. The van der Waals surface area contributed by atoms with Crippen molar-refractivity contribution < 1.29 is 13.2 Å². The predicted octanol–water partition coefficient (Wildman–Crippen LogP) is 6.46. The Balaban J connectivity index is 1.53. The van der Waals surface area contributed by atoms with Crippen molar-refractivity contribution in [3.63, 3.8) is 0 Å². The first-order valence-corrected chi connectivity index (χ1v) is 12.7. The number of pyridine rings is 1. The number of nitrogens with two attached hydrogens (primary N) is 1. The molecule has 1 saturated heterocycles. The molecule has 5 nitrogen and oxygen atoms in total. The zero-order valence-corrected chi connectivity index (χ0v) is 20.2. The van der Waals surface area contributed by atoms with Gasteiger partial charge in [-0.2, -0.15) is 0 Å². The molecule has 35 heavy (non-hydrogen) atoms. The van der Waals surface area contributed by atoms with Crippen LogP contribution in [0, 0.1) is 17.5 Å². The van der Waals surface area contributed by atoms with Gasteiger partial charge in [-0.15, -0.1) is 11.3 Å². The van der Waals surface area contributed by atoms with Crippen LogP contribution in [-0.2, 0) is 0 Å². The van der Waals surface area contributed by atoms with E-state index >= 15 is 4.39 Å². The van der Waals surface area contributed by atoms with Gasteiger partial charge in [0.25, 0.3) is 0 Å². The zero-order valence-electron chi connectivity index (χ0n) is 18.5. The summed E-state index contributed by atoms with van der Waals surface area (Å²) in [5, 5.41) is 4.32. The second-order valence-electron chi connectivity index (χ2n) is 8.17. The molecule has 0 amide bonds. The maximum atomic E-state index is 15.7. The molecule has 1 fully saturated rings. The highest BCUT2D eigenvalue weighted by Gasteiger charge is 2.25. The van der Waals surface area contributed by atoms with Crippen molar-refractivity contribution in [1.82, 2.24) is 15.3 Å². The van der Waals surface area contributed by atoms with Gasteiger partial charge in [0.05, 0.1) is 26.2 Å². The fourth-order valence-electron chi connectivity index (χ4n) is 4.01. The van der Waals surface area contributed by atoms with Crippen molar-refractivity contribution in [3.8, 4) is 21.7 Å². The number of thiazole rings is 1. The predicted molar refractivity (Wildman–Crippen MR) is 136 cm³/mol. The third-order valence-corrected chi connectivity index (χ3v) is 7.92.